The average molecular weight is 322 g/mol. The molecule has 0 amide bonds. The van der Waals surface area contributed by atoms with Gasteiger partial charge in [0.05, 0.1) is 12.8 Å². The number of aromatic hydroxyl groups is 1. The zero-order chi connectivity index (χ0) is 14.4. The maximum Gasteiger partial charge on any atom is 0.341 e. The second-order valence-electron chi connectivity index (χ2n) is 3.27. The predicted octanol–water partition coefficient (Wildman–Crippen LogP) is 2.28. The van der Waals surface area contributed by atoms with Gasteiger partial charge in [-0.3, -0.25) is 0 Å². The summed E-state index contributed by atoms with van der Waals surface area (Å²) in [6.45, 7) is 0. The molecule has 7 heteroatoms. The number of carbonyl (C=O) groups excluding carboxylic acids is 1. The highest BCUT2D eigenvalue weighted by atomic mass is 79.9. The largest absolute Gasteiger partial charge is 0.505 e. The van der Waals surface area contributed by atoms with Gasteiger partial charge in [-0.05, 0) is 12.1 Å². The summed E-state index contributed by atoms with van der Waals surface area (Å²) in [7, 11) is 1.19. The Balaban J connectivity index is 3.20. The van der Waals surface area contributed by atoms with Crippen LogP contribution in [-0.4, -0.2) is 18.2 Å². The van der Waals surface area contributed by atoms with E-state index in [2.05, 4.69) is 26.0 Å². The molecule has 0 spiro atoms. The van der Waals surface area contributed by atoms with E-state index in [0.717, 1.165) is 6.20 Å². The SMILES string of the molecule is COC(=O)c1cc(Br)cc(NC=C(C#N)C#N)c1O. The minimum absolute atomic E-state index is 0.0387. The van der Waals surface area contributed by atoms with E-state index in [1.54, 1.807) is 12.1 Å². The van der Waals surface area contributed by atoms with Crippen molar-refractivity contribution in [3.8, 4) is 17.9 Å². The highest BCUT2D eigenvalue weighted by Crippen LogP contribution is 2.32. The standard InChI is InChI=1S/C12H8BrN3O3/c1-19-12(18)9-2-8(13)3-10(11(9)17)16-6-7(4-14)5-15/h2-3,6,16-17H,1H3. The van der Waals surface area contributed by atoms with Crippen molar-refractivity contribution >= 4 is 27.6 Å². The third-order valence-corrected chi connectivity index (χ3v) is 2.55. The fourth-order valence-electron chi connectivity index (χ4n) is 1.21. The van der Waals surface area contributed by atoms with E-state index in [1.807, 2.05) is 0 Å². The van der Waals surface area contributed by atoms with Gasteiger partial charge in [-0.1, -0.05) is 15.9 Å². The first-order chi connectivity index (χ1) is 9.03. The number of halogens is 1. The molecule has 0 bridgehead atoms. The number of carbonyl (C=O) groups is 1. The molecular weight excluding hydrogens is 314 g/mol. The summed E-state index contributed by atoms with van der Waals surface area (Å²) >= 11 is 3.18. The van der Waals surface area contributed by atoms with Crippen molar-refractivity contribution < 1.29 is 14.6 Å². The lowest BCUT2D eigenvalue weighted by Crippen LogP contribution is -2.03. The summed E-state index contributed by atoms with van der Waals surface area (Å²) in [4.78, 5) is 11.4. The quantitative estimate of drug-likeness (QED) is 0.502. The van der Waals surface area contributed by atoms with Crippen LogP contribution in [0.15, 0.2) is 28.4 Å². The first-order valence-electron chi connectivity index (χ1n) is 4.91. The van der Waals surface area contributed by atoms with Crippen LogP contribution < -0.4 is 5.32 Å². The first kappa shape index (κ1) is 14.6. The number of rotatable bonds is 3. The molecule has 0 aromatic heterocycles. The van der Waals surface area contributed by atoms with Crippen molar-refractivity contribution in [3.63, 3.8) is 0 Å². The molecule has 1 aromatic carbocycles. The molecule has 0 heterocycles. The van der Waals surface area contributed by atoms with Gasteiger partial charge in [0.25, 0.3) is 0 Å². The van der Waals surface area contributed by atoms with Crippen molar-refractivity contribution in [1.82, 2.24) is 0 Å². The van der Waals surface area contributed by atoms with Crippen molar-refractivity contribution in [2.75, 3.05) is 12.4 Å². The third kappa shape index (κ3) is 3.47. The second-order valence-corrected chi connectivity index (χ2v) is 4.18. The number of phenols is 1. The molecule has 2 N–H and O–H groups in total. The number of anilines is 1. The molecule has 96 valence electrons. The Morgan fingerprint density at radius 3 is 2.63 bits per heavy atom. The van der Waals surface area contributed by atoms with Crippen LogP contribution in [-0.2, 0) is 4.74 Å². The Bertz CT molecular complexity index is 610. The van der Waals surface area contributed by atoms with Gasteiger partial charge in [0.15, 0.2) is 5.75 Å². The highest BCUT2D eigenvalue weighted by Gasteiger charge is 2.16. The summed E-state index contributed by atoms with van der Waals surface area (Å²) in [6, 6.07) is 6.20. The molecular formula is C12H8BrN3O3. The maximum absolute atomic E-state index is 11.4. The number of ether oxygens (including phenoxy) is 1. The minimum Gasteiger partial charge on any atom is -0.505 e. The highest BCUT2D eigenvalue weighted by molar-refractivity contribution is 9.10. The fourth-order valence-corrected chi connectivity index (χ4v) is 1.67. The lowest BCUT2D eigenvalue weighted by molar-refractivity contribution is 0.0597. The Kier molecular flexibility index (Phi) is 4.92. The van der Waals surface area contributed by atoms with E-state index >= 15 is 0 Å². The van der Waals surface area contributed by atoms with Crippen molar-refractivity contribution in [3.05, 3.63) is 33.9 Å². The summed E-state index contributed by atoms with van der Waals surface area (Å²) in [5, 5.41) is 29.6. The van der Waals surface area contributed by atoms with E-state index in [9.17, 15) is 9.90 Å². The number of esters is 1. The Labute approximate surface area is 117 Å². The van der Waals surface area contributed by atoms with E-state index < -0.39 is 5.97 Å². The Morgan fingerprint density at radius 1 is 1.47 bits per heavy atom. The lowest BCUT2D eigenvalue weighted by atomic mass is 10.1. The van der Waals surface area contributed by atoms with Crippen LogP contribution in [0.5, 0.6) is 5.75 Å². The summed E-state index contributed by atoms with van der Waals surface area (Å²) in [5.41, 5.74) is -0.0417. The van der Waals surface area contributed by atoms with E-state index in [1.165, 1.54) is 19.2 Å². The molecule has 0 saturated heterocycles. The smallest absolute Gasteiger partial charge is 0.341 e. The second kappa shape index (κ2) is 6.43. The van der Waals surface area contributed by atoms with Gasteiger partial charge in [-0.15, -0.1) is 0 Å². The van der Waals surface area contributed by atoms with Gasteiger partial charge in [0, 0.05) is 10.7 Å². The average Bonchev–Trinajstić information content (AvgIpc) is 2.42. The van der Waals surface area contributed by atoms with Crippen LogP contribution in [0.1, 0.15) is 10.4 Å². The molecule has 0 radical (unpaired) electrons. The van der Waals surface area contributed by atoms with Gasteiger partial charge in [0.2, 0.25) is 0 Å². The molecule has 0 aliphatic carbocycles. The maximum atomic E-state index is 11.4. The Morgan fingerprint density at radius 2 is 2.11 bits per heavy atom. The molecule has 1 aromatic rings. The summed E-state index contributed by atoms with van der Waals surface area (Å²) in [6.07, 6.45) is 1.13. The van der Waals surface area contributed by atoms with E-state index in [4.69, 9.17) is 10.5 Å². The fraction of sp³-hybridized carbons (Fsp3) is 0.0833. The number of nitriles is 2. The minimum atomic E-state index is -0.702. The summed E-state index contributed by atoms with van der Waals surface area (Å²) < 4.78 is 5.05. The monoisotopic (exact) mass is 321 g/mol. The van der Waals surface area contributed by atoms with Crippen LogP contribution in [0.3, 0.4) is 0 Å². The molecule has 19 heavy (non-hydrogen) atoms. The molecule has 0 fully saturated rings. The van der Waals surface area contributed by atoms with Crippen LogP contribution in [0, 0.1) is 22.7 Å². The number of allylic oxidation sites excluding steroid dienone is 1. The van der Waals surface area contributed by atoms with Gasteiger partial charge >= 0.3 is 5.97 Å². The van der Waals surface area contributed by atoms with Gasteiger partial charge in [-0.2, -0.15) is 10.5 Å². The van der Waals surface area contributed by atoms with Crippen LogP contribution in [0.2, 0.25) is 0 Å². The normalized spacial score (nSPS) is 8.84. The zero-order valence-corrected chi connectivity index (χ0v) is 11.4. The predicted molar refractivity (Wildman–Crippen MR) is 70.1 cm³/mol. The molecule has 0 saturated carbocycles. The first-order valence-corrected chi connectivity index (χ1v) is 5.70. The molecule has 0 unspecified atom stereocenters. The number of nitrogens with zero attached hydrogens (tertiary/aromatic N) is 2. The van der Waals surface area contributed by atoms with E-state index in [0.29, 0.717) is 4.47 Å². The number of hydrogen-bond acceptors (Lipinski definition) is 6. The van der Waals surface area contributed by atoms with Gasteiger partial charge in [-0.25, -0.2) is 4.79 Å². The molecule has 6 nitrogen and oxygen atoms in total. The molecule has 0 atom stereocenters. The zero-order valence-electron chi connectivity index (χ0n) is 9.77. The van der Waals surface area contributed by atoms with Crippen LogP contribution >= 0.6 is 15.9 Å². The van der Waals surface area contributed by atoms with Crippen molar-refractivity contribution in [2.24, 2.45) is 0 Å². The number of phenolic OH excluding ortho intramolecular Hbond substituents is 1. The topological polar surface area (TPSA) is 106 Å². The van der Waals surface area contributed by atoms with Crippen molar-refractivity contribution in [2.45, 2.75) is 0 Å². The third-order valence-electron chi connectivity index (χ3n) is 2.09. The van der Waals surface area contributed by atoms with Gasteiger partial charge < -0.3 is 15.2 Å². The molecule has 0 aliphatic heterocycles. The van der Waals surface area contributed by atoms with Crippen LogP contribution in [0.25, 0.3) is 0 Å². The molecule has 1 rings (SSSR count). The Hall–Kier alpha value is -2.51. The number of benzene rings is 1. The van der Waals surface area contributed by atoms with Crippen molar-refractivity contribution in [1.29, 1.82) is 10.5 Å². The summed E-state index contributed by atoms with van der Waals surface area (Å²) in [5.74, 6) is -1.03. The molecule has 0 aliphatic rings. The van der Waals surface area contributed by atoms with Crippen LogP contribution in [0.4, 0.5) is 5.69 Å². The lowest BCUT2D eigenvalue weighted by Gasteiger charge is -2.09. The number of methoxy groups -OCH3 is 1. The van der Waals surface area contributed by atoms with Gasteiger partial charge in [0.1, 0.15) is 23.3 Å². The number of nitrogens with one attached hydrogen (secondary N) is 1. The van der Waals surface area contributed by atoms with E-state index in [-0.39, 0.29) is 22.6 Å². The number of hydrogen-bond donors (Lipinski definition) is 2.